The number of carbonyl (C=O) groups is 2. The molecular weight excluding hydrogens is 322 g/mol. The van der Waals surface area contributed by atoms with Gasteiger partial charge in [-0.15, -0.1) is 0 Å². The molecule has 1 amide bonds. The van der Waals surface area contributed by atoms with Gasteiger partial charge in [-0.25, -0.2) is 0 Å². The zero-order valence-electron chi connectivity index (χ0n) is 14.6. The number of hydrogen-bond donors (Lipinski definition) is 0. The molecule has 1 aromatic rings. The highest BCUT2D eigenvalue weighted by molar-refractivity contribution is 5.96. The van der Waals surface area contributed by atoms with Crippen LogP contribution in [0.15, 0.2) is 24.3 Å². The first-order chi connectivity index (χ1) is 12.0. The van der Waals surface area contributed by atoms with E-state index in [0.29, 0.717) is 24.5 Å². The molecule has 1 spiro atoms. The number of ketones is 1. The molecular formula is C19H21NO5. The number of benzene rings is 1. The van der Waals surface area contributed by atoms with Crippen LogP contribution in [0.2, 0.25) is 0 Å². The van der Waals surface area contributed by atoms with Crippen LogP contribution in [0, 0.1) is 0 Å². The number of fused-ring (bicyclic) bond motifs is 1. The molecule has 6 nitrogen and oxygen atoms in total. The summed E-state index contributed by atoms with van der Waals surface area (Å²) in [4.78, 5) is 27.0. The summed E-state index contributed by atoms with van der Waals surface area (Å²) in [7, 11) is 4.79. The number of amides is 1. The van der Waals surface area contributed by atoms with Crippen molar-refractivity contribution in [2.45, 2.75) is 30.4 Å². The van der Waals surface area contributed by atoms with E-state index in [9.17, 15) is 9.59 Å². The van der Waals surface area contributed by atoms with Gasteiger partial charge in [0, 0.05) is 20.1 Å². The van der Waals surface area contributed by atoms with Crippen LogP contribution in [0.25, 0.3) is 0 Å². The molecule has 2 atom stereocenters. The van der Waals surface area contributed by atoms with Gasteiger partial charge in [0.1, 0.15) is 11.1 Å². The molecule has 0 N–H and O–H groups in total. The minimum atomic E-state index is -0.841. The van der Waals surface area contributed by atoms with Gasteiger partial charge in [0.15, 0.2) is 17.3 Å². The van der Waals surface area contributed by atoms with Crippen molar-refractivity contribution in [3.05, 3.63) is 35.4 Å². The number of nitrogens with zero attached hydrogens (tertiary/aromatic N) is 1. The molecule has 0 radical (unpaired) electrons. The van der Waals surface area contributed by atoms with Crippen molar-refractivity contribution >= 4 is 11.7 Å². The molecule has 4 rings (SSSR count). The fourth-order valence-electron chi connectivity index (χ4n) is 4.73. The summed E-state index contributed by atoms with van der Waals surface area (Å²) < 4.78 is 16.8. The highest BCUT2D eigenvalue weighted by Gasteiger charge is 2.66. The SMILES string of the molecule is COc1cc2c(cc1OC)C13CC(=O)C=C[C@@]1(OC)CC(=O)N3CC2. The average molecular weight is 343 g/mol. The standard InChI is InChI=1S/C19H21NO5/c1-23-15-8-12-5-7-20-17(22)11-18(25-3)6-4-13(21)10-19(18,20)14(12)9-16(15)24-2/h4,6,8-9H,5,7,10-11H2,1-3H3/t18-,19?/m1/s1. The van der Waals surface area contributed by atoms with Gasteiger partial charge in [-0.2, -0.15) is 0 Å². The summed E-state index contributed by atoms with van der Waals surface area (Å²) >= 11 is 0. The van der Waals surface area contributed by atoms with Crippen LogP contribution in [-0.2, 0) is 26.3 Å². The molecule has 1 saturated heterocycles. The topological polar surface area (TPSA) is 65.1 Å². The lowest BCUT2D eigenvalue weighted by Gasteiger charge is -2.51. The minimum Gasteiger partial charge on any atom is -0.493 e. The third kappa shape index (κ3) is 1.88. The molecule has 1 aromatic carbocycles. The largest absolute Gasteiger partial charge is 0.493 e. The van der Waals surface area contributed by atoms with Crippen molar-refractivity contribution in [3.63, 3.8) is 0 Å². The lowest BCUT2D eigenvalue weighted by atomic mass is 9.66. The molecule has 1 aliphatic carbocycles. The highest BCUT2D eigenvalue weighted by atomic mass is 16.5. The Kier molecular flexibility index (Phi) is 3.44. The van der Waals surface area contributed by atoms with Crippen LogP contribution < -0.4 is 9.47 Å². The monoisotopic (exact) mass is 343 g/mol. The second kappa shape index (κ2) is 5.33. The van der Waals surface area contributed by atoms with Crippen molar-refractivity contribution in [1.82, 2.24) is 4.90 Å². The maximum Gasteiger partial charge on any atom is 0.226 e. The fraction of sp³-hybridized carbons (Fsp3) is 0.474. The van der Waals surface area contributed by atoms with E-state index < -0.39 is 11.1 Å². The van der Waals surface area contributed by atoms with Gasteiger partial charge in [0.2, 0.25) is 5.91 Å². The van der Waals surface area contributed by atoms with Crippen molar-refractivity contribution in [1.29, 1.82) is 0 Å². The Balaban J connectivity index is 2.02. The zero-order valence-corrected chi connectivity index (χ0v) is 14.6. The lowest BCUT2D eigenvalue weighted by Crippen LogP contribution is -2.60. The van der Waals surface area contributed by atoms with Gasteiger partial charge in [-0.3, -0.25) is 9.59 Å². The Bertz CT molecular complexity index is 801. The second-order valence-corrected chi connectivity index (χ2v) is 6.77. The summed E-state index contributed by atoms with van der Waals surface area (Å²) in [6, 6.07) is 3.85. The van der Waals surface area contributed by atoms with Crippen LogP contribution in [-0.4, -0.2) is 50.1 Å². The fourth-order valence-corrected chi connectivity index (χ4v) is 4.73. The molecule has 25 heavy (non-hydrogen) atoms. The maximum atomic E-state index is 12.8. The quantitative estimate of drug-likeness (QED) is 0.834. The van der Waals surface area contributed by atoms with Gasteiger partial charge < -0.3 is 19.1 Å². The van der Waals surface area contributed by atoms with E-state index in [4.69, 9.17) is 14.2 Å². The van der Waals surface area contributed by atoms with Crippen molar-refractivity contribution in [3.8, 4) is 11.5 Å². The summed E-state index contributed by atoms with van der Waals surface area (Å²) in [5.41, 5.74) is 0.319. The third-order valence-electron chi connectivity index (χ3n) is 5.87. The molecule has 2 aliphatic heterocycles. The second-order valence-electron chi connectivity index (χ2n) is 6.77. The van der Waals surface area contributed by atoms with Gasteiger partial charge in [0.05, 0.1) is 20.6 Å². The molecule has 0 aromatic heterocycles. The van der Waals surface area contributed by atoms with Gasteiger partial charge in [-0.1, -0.05) is 0 Å². The Morgan fingerprint density at radius 3 is 2.44 bits per heavy atom. The summed E-state index contributed by atoms with van der Waals surface area (Å²) in [6.45, 7) is 0.563. The van der Waals surface area contributed by atoms with E-state index in [1.54, 1.807) is 33.5 Å². The van der Waals surface area contributed by atoms with Crippen LogP contribution in [0.5, 0.6) is 11.5 Å². The molecule has 2 heterocycles. The van der Waals surface area contributed by atoms with E-state index in [2.05, 4.69) is 0 Å². The first-order valence-electron chi connectivity index (χ1n) is 8.34. The minimum absolute atomic E-state index is 0.00462. The molecule has 1 fully saturated rings. The maximum absolute atomic E-state index is 12.8. The van der Waals surface area contributed by atoms with Gasteiger partial charge >= 0.3 is 0 Å². The predicted molar refractivity (Wildman–Crippen MR) is 89.8 cm³/mol. The molecule has 132 valence electrons. The van der Waals surface area contributed by atoms with E-state index in [-0.39, 0.29) is 24.5 Å². The van der Waals surface area contributed by atoms with E-state index in [0.717, 1.165) is 11.1 Å². The summed E-state index contributed by atoms with van der Waals surface area (Å²) in [5.74, 6) is 1.25. The highest BCUT2D eigenvalue weighted by Crippen LogP contribution is 2.57. The number of hydrogen-bond acceptors (Lipinski definition) is 5. The first-order valence-corrected chi connectivity index (χ1v) is 8.34. The van der Waals surface area contributed by atoms with Crippen LogP contribution in [0.1, 0.15) is 24.0 Å². The van der Waals surface area contributed by atoms with Crippen LogP contribution in [0.3, 0.4) is 0 Å². The predicted octanol–water partition coefficient (Wildman–Crippen LogP) is 1.60. The smallest absolute Gasteiger partial charge is 0.226 e. The molecule has 6 heteroatoms. The van der Waals surface area contributed by atoms with Gasteiger partial charge in [-0.05, 0) is 41.8 Å². The Morgan fingerprint density at radius 2 is 1.76 bits per heavy atom. The zero-order chi connectivity index (χ0) is 17.8. The van der Waals surface area contributed by atoms with Crippen molar-refractivity contribution < 1.29 is 23.8 Å². The van der Waals surface area contributed by atoms with Crippen LogP contribution in [0.4, 0.5) is 0 Å². The van der Waals surface area contributed by atoms with Crippen molar-refractivity contribution in [2.24, 2.45) is 0 Å². The molecule has 3 aliphatic rings. The lowest BCUT2D eigenvalue weighted by molar-refractivity contribution is -0.137. The number of rotatable bonds is 3. The van der Waals surface area contributed by atoms with Crippen molar-refractivity contribution in [2.75, 3.05) is 27.9 Å². The molecule has 0 bridgehead atoms. The number of methoxy groups -OCH3 is 3. The average Bonchev–Trinajstić information content (AvgIpc) is 2.89. The third-order valence-corrected chi connectivity index (χ3v) is 5.87. The Morgan fingerprint density at radius 1 is 1.04 bits per heavy atom. The normalized spacial score (nSPS) is 30.0. The molecule has 0 saturated carbocycles. The number of carbonyl (C=O) groups excluding carboxylic acids is 2. The number of allylic oxidation sites excluding steroid dienone is 1. The summed E-state index contributed by atoms with van der Waals surface area (Å²) in [5, 5.41) is 0. The number of ether oxygens (including phenoxy) is 3. The summed E-state index contributed by atoms with van der Waals surface area (Å²) in [6.07, 6.45) is 4.47. The first kappa shape index (κ1) is 16.1. The van der Waals surface area contributed by atoms with Gasteiger partial charge in [0.25, 0.3) is 0 Å². The molecule has 1 unspecified atom stereocenters. The Labute approximate surface area is 146 Å². The van der Waals surface area contributed by atoms with E-state index in [1.807, 2.05) is 17.0 Å². The van der Waals surface area contributed by atoms with Crippen LogP contribution >= 0.6 is 0 Å². The Hall–Kier alpha value is -2.34. The van der Waals surface area contributed by atoms with E-state index >= 15 is 0 Å². The van der Waals surface area contributed by atoms with E-state index in [1.165, 1.54) is 0 Å².